The van der Waals surface area contributed by atoms with E-state index in [-0.39, 0.29) is 0 Å². The highest BCUT2D eigenvalue weighted by Crippen LogP contribution is 2.33. The molecule has 3 heterocycles. The molecule has 4 rings (SSSR count). The summed E-state index contributed by atoms with van der Waals surface area (Å²) in [5.41, 5.74) is 2.40. The van der Waals surface area contributed by atoms with E-state index in [0.717, 1.165) is 30.3 Å². The molecule has 0 bridgehead atoms. The Bertz CT molecular complexity index is 830. The Kier molecular flexibility index (Phi) is 3.91. The number of hydrogen-bond donors (Lipinski definition) is 0. The molecule has 1 aliphatic rings. The third kappa shape index (κ3) is 2.97. The lowest BCUT2D eigenvalue weighted by Gasteiger charge is -2.14. The lowest BCUT2D eigenvalue weighted by molar-refractivity contribution is 0.174. The van der Waals surface area contributed by atoms with Crippen LogP contribution < -0.4 is 9.47 Å². The van der Waals surface area contributed by atoms with Crippen LogP contribution in [0.15, 0.2) is 55.1 Å². The van der Waals surface area contributed by atoms with Gasteiger partial charge in [-0.3, -0.25) is 4.98 Å². The van der Waals surface area contributed by atoms with Crippen LogP contribution in [-0.4, -0.2) is 21.3 Å². The van der Waals surface area contributed by atoms with Crippen LogP contribution in [0, 0.1) is 0 Å². The number of imidazole rings is 1. The Morgan fingerprint density at radius 1 is 1.12 bits per heavy atom. The number of nitrogens with zero attached hydrogens (tertiary/aromatic N) is 3. The average Bonchev–Trinajstić information content (AvgIpc) is 3.24. The summed E-state index contributed by atoms with van der Waals surface area (Å²) in [4.78, 5) is 8.75. The lowest BCUT2D eigenvalue weighted by Crippen LogP contribution is -2.09. The van der Waals surface area contributed by atoms with Crippen LogP contribution in [0.5, 0.6) is 11.5 Å². The van der Waals surface area contributed by atoms with Gasteiger partial charge in [-0.15, -0.1) is 0 Å². The Morgan fingerprint density at radius 3 is 2.92 bits per heavy atom. The van der Waals surface area contributed by atoms with Crippen molar-refractivity contribution < 1.29 is 9.47 Å². The molecule has 0 radical (unpaired) electrons. The van der Waals surface area contributed by atoms with Gasteiger partial charge in [0.2, 0.25) is 6.79 Å². The number of aromatic nitrogens is 3. The molecule has 0 saturated heterocycles. The van der Waals surface area contributed by atoms with Crippen LogP contribution in [0.1, 0.15) is 29.8 Å². The summed E-state index contributed by atoms with van der Waals surface area (Å²) in [5.74, 6) is 3.04. The third-order valence-corrected chi connectivity index (χ3v) is 4.24. The first kappa shape index (κ1) is 14.8. The fraction of sp³-hybridized carbons (Fsp3) is 0.263. The molecule has 0 N–H and O–H groups in total. The highest BCUT2D eigenvalue weighted by atomic mass is 16.7. The van der Waals surface area contributed by atoms with Crippen molar-refractivity contribution in [1.29, 1.82) is 0 Å². The van der Waals surface area contributed by atoms with Crippen LogP contribution in [0.25, 0.3) is 0 Å². The van der Waals surface area contributed by atoms with Gasteiger partial charge in [-0.2, -0.15) is 0 Å². The monoisotopic (exact) mass is 321 g/mol. The van der Waals surface area contributed by atoms with E-state index < -0.39 is 0 Å². The number of fused-ring (bicyclic) bond motifs is 1. The van der Waals surface area contributed by atoms with Gasteiger partial charge in [-0.25, -0.2) is 4.98 Å². The third-order valence-electron chi connectivity index (χ3n) is 4.24. The van der Waals surface area contributed by atoms with Gasteiger partial charge in [0.1, 0.15) is 5.82 Å². The van der Waals surface area contributed by atoms with Crippen LogP contribution >= 0.6 is 0 Å². The molecular formula is C19H19N3O2. The van der Waals surface area contributed by atoms with E-state index in [1.807, 2.05) is 30.7 Å². The molecular weight excluding hydrogens is 302 g/mol. The van der Waals surface area contributed by atoms with E-state index in [1.165, 1.54) is 11.1 Å². The number of benzene rings is 1. The van der Waals surface area contributed by atoms with Gasteiger partial charge in [0.25, 0.3) is 0 Å². The molecule has 24 heavy (non-hydrogen) atoms. The summed E-state index contributed by atoms with van der Waals surface area (Å²) >= 11 is 0. The summed E-state index contributed by atoms with van der Waals surface area (Å²) in [6, 6.07) is 10.2. The predicted octanol–water partition coefficient (Wildman–Crippen LogP) is 3.40. The maximum absolute atomic E-state index is 5.46. The maximum Gasteiger partial charge on any atom is 0.231 e. The van der Waals surface area contributed by atoms with E-state index in [2.05, 4.69) is 39.7 Å². The molecule has 1 aromatic carbocycles. The minimum atomic E-state index is 0.303. The molecule has 122 valence electrons. The second-order valence-electron chi connectivity index (χ2n) is 6.07. The van der Waals surface area contributed by atoms with Crippen LogP contribution in [0.2, 0.25) is 0 Å². The highest BCUT2D eigenvalue weighted by molar-refractivity contribution is 5.44. The minimum absolute atomic E-state index is 0.303. The molecule has 1 atom stereocenters. The molecule has 0 unspecified atom stereocenters. The Balaban J connectivity index is 1.51. The van der Waals surface area contributed by atoms with Gasteiger partial charge in [0.05, 0.1) is 6.54 Å². The standard InChI is InChI=1S/C19H19N3O2/c1-14(9-15-4-5-17-18(10-15)24-13-23-17)19-21-7-8-22(19)12-16-3-2-6-20-11-16/h2-8,10-11,14H,9,12-13H2,1H3/t14-/m1/s1. The topological polar surface area (TPSA) is 49.2 Å². The Morgan fingerprint density at radius 2 is 2.04 bits per heavy atom. The SMILES string of the molecule is C[C@H](Cc1ccc2c(c1)OCO2)c1nccn1Cc1cccnc1. The number of ether oxygens (including phenoxy) is 2. The van der Waals surface area contributed by atoms with Crippen molar-refractivity contribution in [3.05, 3.63) is 72.1 Å². The van der Waals surface area contributed by atoms with Gasteiger partial charge in [-0.05, 0) is 35.7 Å². The zero-order valence-corrected chi connectivity index (χ0v) is 13.6. The van der Waals surface area contributed by atoms with E-state index >= 15 is 0 Å². The summed E-state index contributed by atoms with van der Waals surface area (Å²) in [5, 5.41) is 0. The van der Waals surface area contributed by atoms with Crippen molar-refractivity contribution >= 4 is 0 Å². The second-order valence-corrected chi connectivity index (χ2v) is 6.07. The van der Waals surface area contributed by atoms with E-state index in [4.69, 9.17) is 9.47 Å². The number of hydrogen-bond acceptors (Lipinski definition) is 4. The van der Waals surface area contributed by atoms with E-state index in [0.29, 0.717) is 12.7 Å². The number of pyridine rings is 1. The van der Waals surface area contributed by atoms with Gasteiger partial charge in [-0.1, -0.05) is 19.1 Å². The molecule has 2 aromatic heterocycles. The molecule has 0 fully saturated rings. The smallest absolute Gasteiger partial charge is 0.231 e. The first-order valence-corrected chi connectivity index (χ1v) is 8.08. The fourth-order valence-electron chi connectivity index (χ4n) is 3.09. The maximum atomic E-state index is 5.46. The zero-order chi connectivity index (χ0) is 16.4. The zero-order valence-electron chi connectivity index (χ0n) is 13.6. The van der Waals surface area contributed by atoms with Crippen molar-refractivity contribution in [2.45, 2.75) is 25.8 Å². The highest BCUT2D eigenvalue weighted by Gasteiger charge is 2.17. The van der Waals surface area contributed by atoms with Crippen molar-refractivity contribution in [1.82, 2.24) is 14.5 Å². The van der Waals surface area contributed by atoms with Gasteiger partial charge < -0.3 is 14.0 Å². The molecule has 5 heteroatoms. The van der Waals surface area contributed by atoms with Crippen LogP contribution in [-0.2, 0) is 13.0 Å². The minimum Gasteiger partial charge on any atom is -0.454 e. The van der Waals surface area contributed by atoms with Crippen LogP contribution in [0.3, 0.4) is 0 Å². The van der Waals surface area contributed by atoms with E-state index in [9.17, 15) is 0 Å². The lowest BCUT2D eigenvalue weighted by atomic mass is 10.00. The first-order valence-electron chi connectivity index (χ1n) is 8.08. The molecule has 0 amide bonds. The average molecular weight is 321 g/mol. The second kappa shape index (κ2) is 6.35. The van der Waals surface area contributed by atoms with Crippen molar-refractivity contribution in [3.8, 4) is 11.5 Å². The number of rotatable bonds is 5. The van der Waals surface area contributed by atoms with Crippen molar-refractivity contribution in [2.75, 3.05) is 6.79 Å². The predicted molar refractivity (Wildman–Crippen MR) is 90.3 cm³/mol. The quantitative estimate of drug-likeness (QED) is 0.722. The van der Waals surface area contributed by atoms with Gasteiger partial charge in [0.15, 0.2) is 11.5 Å². The summed E-state index contributed by atoms with van der Waals surface area (Å²) in [7, 11) is 0. The molecule has 3 aromatic rings. The molecule has 5 nitrogen and oxygen atoms in total. The van der Waals surface area contributed by atoms with Crippen molar-refractivity contribution in [3.63, 3.8) is 0 Å². The largest absolute Gasteiger partial charge is 0.454 e. The Labute approximate surface area is 140 Å². The van der Waals surface area contributed by atoms with Gasteiger partial charge >= 0.3 is 0 Å². The normalized spacial score (nSPS) is 13.9. The Hall–Kier alpha value is -2.82. The molecule has 0 saturated carbocycles. The summed E-state index contributed by atoms with van der Waals surface area (Å²) in [6.07, 6.45) is 8.48. The molecule has 0 spiro atoms. The molecule has 0 aliphatic carbocycles. The molecule has 1 aliphatic heterocycles. The van der Waals surface area contributed by atoms with Crippen LogP contribution in [0.4, 0.5) is 0 Å². The summed E-state index contributed by atoms with van der Waals surface area (Å²) < 4.78 is 13.0. The fourth-order valence-corrected chi connectivity index (χ4v) is 3.09. The first-order chi connectivity index (χ1) is 11.8. The van der Waals surface area contributed by atoms with E-state index in [1.54, 1.807) is 6.20 Å². The summed E-state index contributed by atoms with van der Waals surface area (Å²) in [6.45, 7) is 3.30. The van der Waals surface area contributed by atoms with Crippen molar-refractivity contribution in [2.24, 2.45) is 0 Å². The van der Waals surface area contributed by atoms with Gasteiger partial charge in [0, 0.05) is 30.7 Å².